The molecule has 1 aliphatic heterocycles. The molecule has 0 radical (unpaired) electrons. The Balaban J connectivity index is 2.35. The van der Waals surface area contributed by atoms with E-state index in [0.717, 1.165) is 0 Å². The molecule has 4 nitrogen and oxygen atoms in total. The van der Waals surface area contributed by atoms with Crippen LogP contribution in [0.5, 0.6) is 0 Å². The Hall–Kier alpha value is -0.370. The normalized spacial score (nSPS) is 21.9. The summed E-state index contributed by atoms with van der Waals surface area (Å²) in [6.07, 6.45) is -4.42. The lowest BCUT2D eigenvalue weighted by Crippen LogP contribution is -2.42. The summed E-state index contributed by atoms with van der Waals surface area (Å²) in [4.78, 5) is 1.33. The fourth-order valence-electron chi connectivity index (χ4n) is 1.52. The van der Waals surface area contributed by atoms with Crippen molar-refractivity contribution in [3.05, 3.63) is 0 Å². The lowest BCUT2D eigenvalue weighted by Gasteiger charge is -2.25. The highest BCUT2D eigenvalue weighted by Gasteiger charge is 2.32. The highest BCUT2D eigenvalue weighted by Crippen LogP contribution is 2.17. The Morgan fingerprint density at radius 3 is 2.69 bits per heavy atom. The molecule has 0 aromatic carbocycles. The Labute approximate surface area is 92.7 Å². The fraction of sp³-hybridized carbons (Fsp3) is 1.00. The molecule has 16 heavy (non-hydrogen) atoms. The van der Waals surface area contributed by atoms with Crippen LogP contribution in [0.1, 0.15) is 0 Å². The molecular weight excluding hydrogens is 225 g/mol. The minimum absolute atomic E-state index is 0.177. The topological polar surface area (TPSA) is 33.7 Å². The highest BCUT2D eigenvalue weighted by atomic mass is 19.4. The molecule has 1 aliphatic rings. The third-order valence-corrected chi connectivity index (χ3v) is 2.23. The van der Waals surface area contributed by atoms with Gasteiger partial charge in [0.1, 0.15) is 6.79 Å². The Kier molecular flexibility index (Phi) is 5.47. The average molecular weight is 242 g/mol. The number of nitrogens with zero attached hydrogens (tertiary/aromatic N) is 1. The summed E-state index contributed by atoms with van der Waals surface area (Å²) in [7, 11) is 1.71. The molecule has 0 aromatic rings. The predicted octanol–water partition coefficient (Wildman–Crippen LogP) is 0.443. The number of likely N-dealkylation sites (N-methyl/N-ethyl adjacent to an activating group) is 1. The molecule has 1 unspecified atom stereocenters. The summed E-state index contributed by atoms with van der Waals surface area (Å²) < 4.78 is 46.9. The minimum atomic E-state index is -4.17. The number of nitrogens with one attached hydrogen (secondary N) is 1. The lowest BCUT2D eigenvalue weighted by atomic mass is 10.3. The zero-order valence-electron chi connectivity index (χ0n) is 9.22. The Bertz CT molecular complexity index is 196. The summed E-state index contributed by atoms with van der Waals surface area (Å²) in [5.74, 6) is 0. The van der Waals surface area contributed by atoms with E-state index in [1.165, 1.54) is 4.90 Å². The van der Waals surface area contributed by atoms with Gasteiger partial charge in [-0.25, -0.2) is 0 Å². The van der Waals surface area contributed by atoms with Crippen molar-refractivity contribution in [1.82, 2.24) is 10.2 Å². The van der Waals surface area contributed by atoms with Crippen LogP contribution < -0.4 is 5.32 Å². The van der Waals surface area contributed by atoms with E-state index >= 15 is 0 Å². The van der Waals surface area contributed by atoms with Crippen LogP contribution in [0.25, 0.3) is 0 Å². The molecule has 1 heterocycles. The van der Waals surface area contributed by atoms with Crippen LogP contribution in [0.4, 0.5) is 13.2 Å². The zero-order chi connectivity index (χ0) is 12.0. The Morgan fingerprint density at radius 2 is 2.19 bits per heavy atom. The third-order valence-electron chi connectivity index (χ3n) is 2.23. The third kappa shape index (κ3) is 5.64. The molecule has 7 heteroatoms. The van der Waals surface area contributed by atoms with Crippen LogP contribution in [-0.4, -0.2) is 63.8 Å². The maximum atomic E-state index is 12.3. The van der Waals surface area contributed by atoms with Crippen molar-refractivity contribution < 1.29 is 22.6 Å². The molecule has 96 valence electrons. The van der Waals surface area contributed by atoms with Gasteiger partial charge in [-0.15, -0.1) is 0 Å². The van der Waals surface area contributed by atoms with Crippen LogP contribution in [-0.2, 0) is 9.47 Å². The average Bonchev–Trinajstić information content (AvgIpc) is 2.64. The fourth-order valence-corrected chi connectivity index (χ4v) is 1.52. The summed E-state index contributed by atoms with van der Waals surface area (Å²) in [5.41, 5.74) is 0. The predicted molar refractivity (Wildman–Crippen MR) is 52.1 cm³/mol. The molecule has 0 aromatic heterocycles. The summed E-state index contributed by atoms with van der Waals surface area (Å²) in [6.45, 7) is 0.750. The quantitative estimate of drug-likeness (QED) is 0.733. The van der Waals surface area contributed by atoms with E-state index in [9.17, 15) is 13.2 Å². The van der Waals surface area contributed by atoms with Gasteiger partial charge < -0.3 is 14.8 Å². The first-order valence-corrected chi connectivity index (χ1v) is 5.14. The molecule has 1 fully saturated rings. The van der Waals surface area contributed by atoms with Crippen molar-refractivity contribution in [2.75, 3.05) is 46.6 Å². The minimum Gasteiger partial charge on any atom is -0.353 e. The van der Waals surface area contributed by atoms with Crippen molar-refractivity contribution in [2.45, 2.75) is 12.3 Å². The second kappa shape index (κ2) is 6.39. The monoisotopic (exact) mass is 242 g/mol. The molecule has 0 saturated carbocycles. The van der Waals surface area contributed by atoms with E-state index in [1.807, 2.05) is 0 Å². The van der Waals surface area contributed by atoms with Crippen molar-refractivity contribution >= 4 is 0 Å². The first-order valence-electron chi connectivity index (χ1n) is 5.14. The number of hydrogen-bond donors (Lipinski definition) is 1. The number of hydrogen-bond acceptors (Lipinski definition) is 4. The number of rotatable bonds is 6. The van der Waals surface area contributed by atoms with Gasteiger partial charge in [0, 0.05) is 19.6 Å². The van der Waals surface area contributed by atoms with Gasteiger partial charge in [0.2, 0.25) is 0 Å². The zero-order valence-corrected chi connectivity index (χ0v) is 9.22. The first kappa shape index (κ1) is 13.7. The van der Waals surface area contributed by atoms with Crippen LogP contribution in [0.15, 0.2) is 0 Å². The molecule has 0 amide bonds. The van der Waals surface area contributed by atoms with Crippen LogP contribution in [0.3, 0.4) is 0 Å². The number of halogens is 3. The van der Waals surface area contributed by atoms with Crippen molar-refractivity contribution in [3.8, 4) is 0 Å². The second-order valence-corrected chi connectivity index (χ2v) is 3.73. The van der Waals surface area contributed by atoms with E-state index < -0.39 is 12.7 Å². The van der Waals surface area contributed by atoms with Crippen molar-refractivity contribution in [3.63, 3.8) is 0 Å². The van der Waals surface area contributed by atoms with Crippen molar-refractivity contribution in [1.29, 1.82) is 0 Å². The highest BCUT2D eigenvalue weighted by molar-refractivity contribution is 4.71. The maximum absolute atomic E-state index is 12.3. The molecule has 0 spiro atoms. The first-order chi connectivity index (χ1) is 7.51. The SMILES string of the molecule is CNCCN(CC1COCO1)CC(F)(F)F. The molecule has 0 bridgehead atoms. The molecule has 1 atom stereocenters. The largest absolute Gasteiger partial charge is 0.401 e. The van der Waals surface area contributed by atoms with E-state index in [1.54, 1.807) is 7.05 Å². The van der Waals surface area contributed by atoms with Gasteiger partial charge in [0.15, 0.2) is 0 Å². The van der Waals surface area contributed by atoms with Crippen LogP contribution in [0.2, 0.25) is 0 Å². The number of alkyl halides is 3. The summed E-state index contributed by atoms with van der Waals surface area (Å²) >= 11 is 0. The molecule has 1 rings (SSSR count). The maximum Gasteiger partial charge on any atom is 0.401 e. The van der Waals surface area contributed by atoms with Gasteiger partial charge in [-0.1, -0.05) is 0 Å². The van der Waals surface area contributed by atoms with Gasteiger partial charge in [0.25, 0.3) is 0 Å². The number of ether oxygens (including phenoxy) is 2. The van der Waals surface area contributed by atoms with E-state index in [2.05, 4.69) is 5.32 Å². The van der Waals surface area contributed by atoms with E-state index in [0.29, 0.717) is 19.7 Å². The lowest BCUT2D eigenvalue weighted by molar-refractivity contribution is -0.148. The Morgan fingerprint density at radius 1 is 1.44 bits per heavy atom. The van der Waals surface area contributed by atoms with Gasteiger partial charge in [-0.2, -0.15) is 13.2 Å². The van der Waals surface area contributed by atoms with Crippen LogP contribution >= 0.6 is 0 Å². The second-order valence-electron chi connectivity index (χ2n) is 3.73. The van der Waals surface area contributed by atoms with E-state index in [-0.39, 0.29) is 19.4 Å². The van der Waals surface area contributed by atoms with E-state index in [4.69, 9.17) is 9.47 Å². The molecule has 1 saturated heterocycles. The molecule has 0 aliphatic carbocycles. The summed E-state index contributed by atoms with van der Waals surface area (Å²) in [6, 6.07) is 0. The van der Waals surface area contributed by atoms with Crippen LogP contribution in [0, 0.1) is 0 Å². The van der Waals surface area contributed by atoms with Gasteiger partial charge in [-0.05, 0) is 7.05 Å². The van der Waals surface area contributed by atoms with Gasteiger partial charge in [-0.3, -0.25) is 4.90 Å². The van der Waals surface area contributed by atoms with Gasteiger partial charge >= 0.3 is 6.18 Å². The van der Waals surface area contributed by atoms with Gasteiger partial charge in [0.05, 0.1) is 19.3 Å². The standard InChI is InChI=1S/C9H17F3N2O2/c1-13-2-3-14(6-9(10,11)12)4-8-5-15-7-16-8/h8,13H,2-7H2,1H3. The summed E-state index contributed by atoms with van der Waals surface area (Å²) in [5, 5.41) is 2.83. The molecule has 1 N–H and O–H groups in total. The van der Waals surface area contributed by atoms with Crippen molar-refractivity contribution in [2.24, 2.45) is 0 Å². The molecular formula is C9H17F3N2O2. The smallest absolute Gasteiger partial charge is 0.353 e.